The van der Waals surface area contributed by atoms with Gasteiger partial charge in [-0.25, -0.2) is 0 Å². The van der Waals surface area contributed by atoms with Gasteiger partial charge in [0, 0.05) is 11.5 Å². The van der Waals surface area contributed by atoms with Crippen molar-refractivity contribution in [3.8, 4) is 0 Å². The molecule has 0 aliphatic heterocycles. The first-order valence-corrected chi connectivity index (χ1v) is 5.06. The molecule has 0 saturated carbocycles. The minimum Gasteiger partial charge on any atom is -0.376 e. The van der Waals surface area contributed by atoms with E-state index in [0.29, 0.717) is 16.5 Å². The first-order chi connectivity index (χ1) is 5.07. The summed E-state index contributed by atoms with van der Waals surface area (Å²) in [6, 6.07) is 0. The third-order valence-corrected chi connectivity index (χ3v) is 3.29. The predicted octanol–water partition coefficient (Wildman–Crippen LogP) is 2.69. The van der Waals surface area contributed by atoms with Gasteiger partial charge in [-0.3, -0.25) is 0 Å². The van der Waals surface area contributed by atoms with Gasteiger partial charge in [0.15, 0.2) is 0 Å². The summed E-state index contributed by atoms with van der Waals surface area (Å²) < 4.78 is 0. The zero-order valence-corrected chi connectivity index (χ0v) is 8.30. The lowest BCUT2D eigenvalue weighted by Crippen LogP contribution is -2.22. The highest BCUT2D eigenvalue weighted by Gasteiger charge is 2.27. The number of rotatable bonds is 1. The molecule has 11 heavy (non-hydrogen) atoms. The van der Waals surface area contributed by atoms with Crippen LogP contribution in [0, 0.1) is 0 Å². The van der Waals surface area contributed by atoms with Gasteiger partial charge in [-0.05, 0) is 18.4 Å². The molecule has 1 N–H and O–H groups in total. The molecule has 0 aromatic rings. The number of halogens is 2. The molecular formula is C7H8Cl2OS. The third kappa shape index (κ3) is 2.15. The Balaban J connectivity index is 2.81. The smallest absolute Gasteiger partial charge is 0.134 e. The summed E-state index contributed by atoms with van der Waals surface area (Å²) in [4.78, 5) is -0.866. The van der Waals surface area contributed by atoms with Gasteiger partial charge in [0.05, 0.1) is 5.03 Å². The average Bonchev–Trinajstić information content (AvgIpc) is 1.98. The van der Waals surface area contributed by atoms with E-state index in [1.807, 2.05) is 6.26 Å². The Bertz CT molecular complexity index is 224. The summed E-state index contributed by atoms with van der Waals surface area (Å²) in [6.07, 6.45) is 5.51. The van der Waals surface area contributed by atoms with Crippen LogP contribution < -0.4 is 0 Å². The second kappa shape index (κ2) is 3.40. The Hall–Kier alpha value is 0.370. The summed E-state index contributed by atoms with van der Waals surface area (Å²) in [5.41, 5.74) is 0. The maximum atomic E-state index is 9.67. The van der Waals surface area contributed by atoms with Crippen LogP contribution in [0.2, 0.25) is 0 Å². The Morgan fingerprint density at radius 3 is 2.73 bits per heavy atom. The van der Waals surface area contributed by atoms with E-state index < -0.39 is 4.93 Å². The van der Waals surface area contributed by atoms with E-state index in [-0.39, 0.29) is 0 Å². The van der Waals surface area contributed by atoms with Crippen LogP contribution in [0.25, 0.3) is 0 Å². The monoisotopic (exact) mass is 210 g/mol. The molecule has 0 bridgehead atoms. The fourth-order valence-electron chi connectivity index (χ4n) is 0.800. The molecule has 0 saturated heterocycles. The molecule has 0 spiro atoms. The number of hydrogen-bond acceptors (Lipinski definition) is 2. The van der Waals surface area contributed by atoms with Gasteiger partial charge >= 0.3 is 0 Å². The minimum atomic E-state index is -0.866. The molecule has 0 heterocycles. The van der Waals surface area contributed by atoms with E-state index in [1.54, 1.807) is 12.2 Å². The number of thioether (sulfide) groups is 1. The van der Waals surface area contributed by atoms with Crippen LogP contribution in [0.5, 0.6) is 0 Å². The zero-order valence-electron chi connectivity index (χ0n) is 5.97. The van der Waals surface area contributed by atoms with Gasteiger partial charge < -0.3 is 5.11 Å². The Labute approximate surface area is 80.1 Å². The van der Waals surface area contributed by atoms with Crippen molar-refractivity contribution < 1.29 is 5.11 Å². The van der Waals surface area contributed by atoms with Gasteiger partial charge in [0.25, 0.3) is 0 Å². The van der Waals surface area contributed by atoms with Gasteiger partial charge in [0.2, 0.25) is 0 Å². The summed E-state index contributed by atoms with van der Waals surface area (Å²) in [7, 11) is 0. The van der Waals surface area contributed by atoms with E-state index in [2.05, 4.69) is 0 Å². The van der Waals surface area contributed by atoms with E-state index >= 15 is 0 Å². The molecule has 1 nitrogen and oxygen atoms in total. The Morgan fingerprint density at radius 1 is 1.64 bits per heavy atom. The van der Waals surface area contributed by atoms with Crippen molar-refractivity contribution in [3.05, 3.63) is 22.2 Å². The fraction of sp³-hybridized carbons (Fsp3) is 0.429. The van der Waals surface area contributed by atoms with Gasteiger partial charge in [-0.1, -0.05) is 23.2 Å². The molecule has 62 valence electrons. The maximum Gasteiger partial charge on any atom is 0.134 e. The number of aliphatic hydroxyl groups is 1. The first kappa shape index (κ1) is 9.46. The largest absolute Gasteiger partial charge is 0.376 e. The van der Waals surface area contributed by atoms with Crippen molar-refractivity contribution in [2.75, 3.05) is 6.26 Å². The standard InChI is InChI=1S/C7H8Cl2OS/c1-11-7(10)3-2-5(8)6(9)4-7/h2-3,10H,4H2,1H3. The summed E-state index contributed by atoms with van der Waals surface area (Å²) in [5, 5.41) is 10.7. The molecule has 1 aliphatic rings. The van der Waals surface area contributed by atoms with Crippen molar-refractivity contribution in [1.29, 1.82) is 0 Å². The van der Waals surface area contributed by atoms with Crippen LogP contribution in [0.4, 0.5) is 0 Å². The van der Waals surface area contributed by atoms with E-state index in [9.17, 15) is 5.11 Å². The molecule has 1 aliphatic carbocycles. The molecule has 0 radical (unpaired) electrons. The third-order valence-electron chi connectivity index (χ3n) is 1.51. The van der Waals surface area contributed by atoms with Crippen LogP contribution in [0.15, 0.2) is 22.2 Å². The number of allylic oxidation sites excluding steroid dienone is 2. The highest BCUT2D eigenvalue weighted by Crippen LogP contribution is 2.36. The highest BCUT2D eigenvalue weighted by molar-refractivity contribution is 7.99. The molecule has 0 amide bonds. The predicted molar refractivity (Wildman–Crippen MR) is 51.0 cm³/mol. The molecule has 1 rings (SSSR count). The van der Waals surface area contributed by atoms with Crippen molar-refractivity contribution in [2.45, 2.75) is 11.4 Å². The van der Waals surface area contributed by atoms with E-state index in [4.69, 9.17) is 23.2 Å². The zero-order chi connectivity index (χ0) is 8.48. The van der Waals surface area contributed by atoms with E-state index in [1.165, 1.54) is 11.8 Å². The molecular weight excluding hydrogens is 203 g/mol. The van der Waals surface area contributed by atoms with Crippen molar-refractivity contribution in [3.63, 3.8) is 0 Å². The minimum absolute atomic E-state index is 0.394. The van der Waals surface area contributed by atoms with E-state index in [0.717, 1.165) is 0 Å². The Morgan fingerprint density at radius 2 is 2.27 bits per heavy atom. The first-order valence-electron chi connectivity index (χ1n) is 3.08. The van der Waals surface area contributed by atoms with Crippen LogP contribution in [-0.2, 0) is 0 Å². The van der Waals surface area contributed by atoms with Gasteiger partial charge in [0.1, 0.15) is 4.93 Å². The molecule has 0 aromatic carbocycles. The fourth-order valence-corrected chi connectivity index (χ4v) is 1.77. The van der Waals surface area contributed by atoms with Crippen LogP contribution in [0.3, 0.4) is 0 Å². The highest BCUT2D eigenvalue weighted by atomic mass is 35.5. The van der Waals surface area contributed by atoms with Crippen LogP contribution in [-0.4, -0.2) is 16.3 Å². The lowest BCUT2D eigenvalue weighted by Gasteiger charge is -2.24. The average molecular weight is 211 g/mol. The second-order valence-corrected chi connectivity index (χ2v) is 4.29. The maximum absolute atomic E-state index is 9.67. The second-order valence-electron chi connectivity index (χ2n) is 2.31. The quantitative estimate of drug-likeness (QED) is 0.673. The SMILES string of the molecule is CSC1(O)C=CC(Cl)=C(Cl)C1. The molecule has 0 fully saturated rings. The van der Waals surface area contributed by atoms with Crippen molar-refractivity contribution in [2.24, 2.45) is 0 Å². The molecule has 4 heteroatoms. The lowest BCUT2D eigenvalue weighted by molar-refractivity contribution is 0.189. The summed E-state index contributed by atoms with van der Waals surface area (Å²) in [6.45, 7) is 0. The van der Waals surface area contributed by atoms with Crippen molar-refractivity contribution in [1.82, 2.24) is 0 Å². The van der Waals surface area contributed by atoms with Crippen molar-refractivity contribution >= 4 is 35.0 Å². The normalized spacial score (nSPS) is 31.3. The van der Waals surface area contributed by atoms with Gasteiger partial charge in [-0.15, -0.1) is 11.8 Å². The summed E-state index contributed by atoms with van der Waals surface area (Å²) in [5.74, 6) is 0. The molecule has 1 atom stereocenters. The lowest BCUT2D eigenvalue weighted by atomic mass is 10.1. The van der Waals surface area contributed by atoms with Crippen LogP contribution >= 0.6 is 35.0 Å². The van der Waals surface area contributed by atoms with Crippen LogP contribution in [0.1, 0.15) is 6.42 Å². The topological polar surface area (TPSA) is 20.2 Å². The molecule has 1 unspecified atom stereocenters. The molecule has 0 aromatic heterocycles. The number of hydrogen-bond donors (Lipinski definition) is 1. The summed E-state index contributed by atoms with van der Waals surface area (Å²) >= 11 is 12.8. The van der Waals surface area contributed by atoms with Gasteiger partial charge in [-0.2, -0.15) is 0 Å². The Kier molecular flexibility index (Phi) is 2.92.